The van der Waals surface area contributed by atoms with Gasteiger partial charge < -0.3 is 5.73 Å². The zero-order valence-corrected chi connectivity index (χ0v) is 23.7. The average Bonchev–Trinajstić information content (AvgIpc) is 3.26. The van der Waals surface area contributed by atoms with Crippen LogP contribution in [0, 0.1) is 5.41 Å². The first-order chi connectivity index (χ1) is 20.4. The van der Waals surface area contributed by atoms with Crippen LogP contribution >= 0.6 is 0 Å². The van der Waals surface area contributed by atoms with E-state index in [9.17, 15) is 0 Å². The summed E-state index contributed by atoms with van der Waals surface area (Å²) in [5.74, 6) is 0.471. The van der Waals surface area contributed by atoms with Gasteiger partial charge in [0.15, 0.2) is 5.84 Å². The summed E-state index contributed by atoms with van der Waals surface area (Å²) in [7, 11) is 0. The lowest BCUT2D eigenvalue weighted by atomic mass is 9.81. The van der Waals surface area contributed by atoms with E-state index in [1.54, 1.807) is 0 Å². The van der Waals surface area contributed by atoms with Gasteiger partial charge in [-0.25, -0.2) is 4.99 Å². The topological polar surface area (TPSA) is 62.2 Å². The molecule has 202 valence electrons. The highest BCUT2D eigenvalue weighted by atomic mass is 14.9. The van der Waals surface area contributed by atoms with Crippen molar-refractivity contribution in [1.29, 1.82) is 5.41 Å². The van der Waals surface area contributed by atoms with E-state index in [4.69, 9.17) is 11.1 Å². The Kier molecular flexibility index (Phi) is 6.09. The average molecular weight is 542 g/mol. The Balaban J connectivity index is 1.27. The molecule has 6 aromatic rings. The fourth-order valence-electron chi connectivity index (χ4n) is 6.26. The van der Waals surface area contributed by atoms with E-state index in [1.807, 2.05) is 48.5 Å². The number of hydrogen-bond donors (Lipinski definition) is 2. The van der Waals surface area contributed by atoms with Gasteiger partial charge in [0.05, 0.1) is 0 Å². The smallest absolute Gasteiger partial charge is 0.154 e. The standard InChI is InChI=1S/C39H31N3/c1-39(2)35-15-9-8-14-31(35)32-21-20-30(24-36(32)39)25-16-18-26(19-17-25)33-22-28-12-6-7-13-29(28)23-34(33)38(41)42-37(40)27-10-4-3-5-11-27/h3-24H,1-2H3,(H3,40,41,42). The van der Waals surface area contributed by atoms with Crippen LogP contribution in [0.4, 0.5) is 0 Å². The van der Waals surface area contributed by atoms with E-state index in [1.165, 1.54) is 27.8 Å². The summed E-state index contributed by atoms with van der Waals surface area (Å²) < 4.78 is 0. The molecule has 0 heterocycles. The van der Waals surface area contributed by atoms with E-state index < -0.39 is 0 Å². The van der Waals surface area contributed by atoms with Crippen molar-refractivity contribution in [2.75, 3.05) is 0 Å². The molecule has 1 aliphatic rings. The molecular weight excluding hydrogens is 510 g/mol. The van der Waals surface area contributed by atoms with Crippen molar-refractivity contribution in [2.24, 2.45) is 10.7 Å². The molecule has 0 amide bonds. The predicted octanol–water partition coefficient (Wildman–Crippen LogP) is 9.21. The second-order valence-corrected chi connectivity index (χ2v) is 11.5. The Bertz CT molecular complexity index is 2020. The van der Waals surface area contributed by atoms with Gasteiger partial charge >= 0.3 is 0 Å². The Morgan fingerprint density at radius 3 is 1.93 bits per heavy atom. The Morgan fingerprint density at radius 1 is 0.571 bits per heavy atom. The van der Waals surface area contributed by atoms with Crippen LogP contribution in [-0.4, -0.2) is 11.7 Å². The largest absolute Gasteiger partial charge is 0.383 e. The van der Waals surface area contributed by atoms with Gasteiger partial charge in [-0.05, 0) is 73.5 Å². The van der Waals surface area contributed by atoms with E-state index >= 15 is 0 Å². The van der Waals surface area contributed by atoms with Crippen LogP contribution < -0.4 is 5.73 Å². The molecule has 3 heteroatoms. The van der Waals surface area contributed by atoms with Crippen molar-refractivity contribution in [3.8, 4) is 33.4 Å². The zero-order valence-electron chi connectivity index (χ0n) is 23.7. The van der Waals surface area contributed by atoms with Gasteiger partial charge in [-0.1, -0.05) is 129 Å². The van der Waals surface area contributed by atoms with Crippen molar-refractivity contribution in [2.45, 2.75) is 19.3 Å². The molecule has 0 aliphatic heterocycles. The van der Waals surface area contributed by atoms with Gasteiger partial charge in [0.25, 0.3) is 0 Å². The van der Waals surface area contributed by atoms with E-state index in [0.29, 0.717) is 5.84 Å². The minimum atomic E-state index is -0.0374. The highest BCUT2D eigenvalue weighted by Crippen LogP contribution is 2.49. The lowest BCUT2D eigenvalue weighted by molar-refractivity contribution is 0.660. The Labute approximate surface area is 246 Å². The fraction of sp³-hybridized carbons (Fsp3) is 0.0769. The van der Waals surface area contributed by atoms with Gasteiger partial charge in [0.2, 0.25) is 0 Å². The minimum absolute atomic E-state index is 0.0374. The normalized spacial score (nSPS) is 13.5. The van der Waals surface area contributed by atoms with Crippen LogP contribution in [0.2, 0.25) is 0 Å². The first kappa shape index (κ1) is 25.7. The maximum Gasteiger partial charge on any atom is 0.154 e. The summed E-state index contributed by atoms with van der Waals surface area (Å²) >= 11 is 0. The number of fused-ring (bicyclic) bond motifs is 4. The van der Waals surface area contributed by atoms with E-state index in [0.717, 1.165) is 38.6 Å². The summed E-state index contributed by atoms with van der Waals surface area (Å²) in [5, 5.41) is 11.1. The van der Waals surface area contributed by atoms with Crippen LogP contribution in [0.15, 0.2) is 138 Å². The second kappa shape index (κ2) is 9.97. The summed E-state index contributed by atoms with van der Waals surface area (Å²) in [4.78, 5) is 4.52. The van der Waals surface area contributed by atoms with Gasteiger partial charge in [-0.2, -0.15) is 0 Å². The lowest BCUT2D eigenvalue weighted by Crippen LogP contribution is -2.16. The molecule has 0 aromatic heterocycles. The molecule has 0 unspecified atom stereocenters. The van der Waals surface area contributed by atoms with Crippen LogP contribution in [0.5, 0.6) is 0 Å². The fourth-order valence-corrected chi connectivity index (χ4v) is 6.26. The first-order valence-corrected chi connectivity index (χ1v) is 14.3. The van der Waals surface area contributed by atoms with Crippen molar-refractivity contribution in [1.82, 2.24) is 0 Å². The molecule has 7 rings (SSSR count). The van der Waals surface area contributed by atoms with Gasteiger partial charge in [-0.15, -0.1) is 0 Å². The molecule has 3 nitrogen and oxygen atoms in total. The number of aliphatic imine (C=N–C) groups is 1. The molecular formula is C39H31N3. The maximum atomic E-state index is 8.95. The summed E-state index contributed by atoms with van der Waals surface area (Å²) in [6.07, 6.45) is 0. The van der Waals surface area contributed by atoms with Crippen LogP contribution in [0.25, 0.3) is 44.2 Å². The lowest BCUT2D eigenvalue weighted by Gasteiger charge is -2.22. The molecule has 6 aromatic carbocycles. The van der Waals surface area contributed by atoms with E-state index in [-0.39, 0.29) is 11.3 Å². The SMILES string of the molecule is CC1(C)c2ccccc2-c2ccc(-c3ccc(-c4cc5ccccc5cc4C(=N)/N=C(\N)c4ccccc4)cc3)cc21. The highest BCUT2D eigenvalue weighted by Gasteiger charge is 2.35. The van der Waals surface area contributed by atoms with Crippen LogP contribution in [0.1, 0.15) is 36.1 Å². The van der Waals surface area contributed by atoms with Crippen molar-refractivity contribution in [3.05, 3.63) is 156 Å². The Hall–Kier alpha value is -5.28. The van der Waals surface area contributed by atoms with Gasteiger partial charge in [-0.3, -0.25) is 5.41 Å². The number of nitrogens with zero attached hydrogens (tertiary/aromatic N) is 1. The molecule has 3 N–H and O–H groups in total. The first-order valence-electron chi connectivity index (χ1n) is 14.3. The molecule has 0 radical (unpaired) electrons. The number of hydrogen-bond acceptors (Lipinski definition) is 1. The number of rotatable bonds is 4. The molecule has 0 saturated heterocycles. The van der Waals surface area contributed by atoms with Gasteiger partial charge in [0.1, 0.15) is 5.84 Å². The molecule has 0 atom stereocenters. The second-order valence-electron chi connectivity index (χ2n) is 11.5. The Morgan fingerprint density at radius 2 is 1.17 bits per heavy atom. The van der Waals surface area contributed by atoms with Gasteiger partial charge in [0, 0.05) is 16.5 Å². The third kappa shape index (κ3) is 4.31. The predicted molar refractivity (Wildman–Crippen MR) is 176 cm³/mol. The van der Waals surface area contributed by atoms with Crippen molar-refractivity contribution in [3.63, 3.8) is 0 Å². The molecule has 42 heavy (non-hydrogen) atoms. The molecule has 0 saturated carbocycles. The third-order valence-corrected chi connectivity index (χ3v) is 8.56. The summed E-state index contributed by atoms with van der Waals surface area (Å²) in [6, 6.07) is 46.2. The summed E-state index contributed by atoms with van der Waals surface area (Å²) in [5.41, 5.74) is 17.6. The number of nitrogens with one attached hydrogen (secondary N) is 1. The number of nitrogens with two attached hydrogens (primary N) is 1. The van der Waals surface area contributed by atoms with E-state index in [2.05, 4.69) is 104 Å². The zero-order chi connectivity index (χ0) is 28.8. The van der Waals surface area contributed by atoms with Crippen molar-refractivity contribution < 1.29 is 0 Å². The quantitative estimate of drug-likeness (QED) is 0.170. The third-order valence-electron chi connectivity index (χ3n) is 8.56. The minimum Gasteiger partial charge on any atom is -0.383 e. The monoisotopic (exact) mass is 541 g/mol. The van der Waals surface area contributed by atoms with Crippen LogP contribution in [-0.2, 0) is 5.41 Å². The molecule has 0 fully saturated rings. The van der Waals surface area contributed by atoms with Crippen LogP contribution in [0.3, 0.4) is 0 Å². The number of benzene rings is 6. The van der Waals surface area contributed by atoms with Crippen molar-refractivity contribution >= 4 is 22.4 Å². The molecule has 0 bridgehead atoms. The maximum absolute atomic E-state index is 8.95. The molecule has 0 spiro atoms. The molecule has 1 aliphatic carbocycles. The highest BCUT2D eigenvalue weighted by molar-refractivity contribution is 6.13. The summed E-state index contributed by atoms with van der Waals surface area (Å²) in [6.45, 7) is 4.63. The number of amidine groups is 2.